The molecule has 0 saturated carbocycles. The van der Waals surface area contributed by atoms with Gasteiger partial charge in [-0.05, 0) is 13.8 Å². The van der Waals surface area contributed by atoms with Gasteiger partial charge in [0.25, 0.3) is 0 Å². The van der Waals surface area contributed by atoms with Crippen LogP contribution in [0.1, 0.15) is 49.3 Å². The summed E-state index contributed by atoms with van der Waals surface area (Å²) in [4.78, 5) is 0. The number of rotatable bonds is 8. The van der Waals surface area contributed by atoms with Gasteiger partial charge in [-0.3, -0.25) is 6.08 Å². The number of allylic oxidation sites excluding steroid dienone is 4. The van der Waals surface area contributed by atoms with E-state index in [1.807, 2.05) is 0 Å². The van der Waals surface area contributed by atoms with Crippen LogP contribution in [-0.2, 0) is 28.1 Å². The topological polar surface area (TPSA) is 0 Å². The number of halogens is 3. The third kappa shape index (κ3) is 9.07. The first-order valence-corrected chi connectivity index (χ1v) is 12.1. The Hall–Kier alpha value is -0.279. The molecule has 0 spiro atoms. The van der Waals surface area contributed by atoms with Crippen molar-refractivity contribution in [3.05, 3.63) is 88.1 Å². The third-order valence-corrected chi connectivity index (χ3v) is 8.71. The van der Waals surface area contributed by atoms with Crippen molar-refractivity contribution in [3.8, 4) is 0 Å². The van der Waals surface area contributed by atoms with Gasteiger partial charge >= 0.3 is 21.7 Å². The van der Waals surface area contributed by atoms with Crippen LogP contribution in [0.4, 0.5) is 0 Å². The summed E-state index contributed by atoms with van der Waals surface area (Å²) in [7, 11) is -1.19. The minimum absolute atomic E-state index is 0. The monoisotopic (exact) mass is 512 g/mol. The van der Waals surface area contributed by atoms with Gasteiger partial charge in [-0.1, -0.05) is 109 Å². The van der Waals surface area contributed by atoms with Crippen LogP contribution >= 0.6 is 0 Å². The maximum Gasteiger partial charge on any atom is 4.00 e. The summed E-state index contributed by atoms with van der Waals surface area (Å²) in [6.07, 6.45) is 12.3. The maximum absolute atomic E-state index is 3.78. The molecule has 160 valence electrons. The zero-order valence-corrected chi connectivity index (χ0v) is 23.1. The van der Waals surface area contributed by atoms with Crippen LogP contribution in [0.3, 0.4) is 0 Å². The van der Waals surface area contributed by atoms with E-state index in [1.54, 1.807) is 16.0 Å². The van der Waals surface area contributed by atoms with Gasteiger partial charge in [0.15, 0.2) is 0 Å². The van der Waals surface area contributed by atoms with E-state index in [2.05, 4.69) is 81.5 Å². The van der Waals surface area contributed by atoms with E-state index in [0.29, 0.717) is 0 Å². The Morgan fingerprint density at radius 2 is 1.53 bits per heavy atom. The van der Waals surface area contributed by atoms with Crippen LogP contribution in [-0.4, -0.2) is 8.80 Å². The molecule has 2 aromatic carbocycles. The number of unbranched alkanes of at least 4 members (excludes halogenated alkanes) is 2. The van der Waals surface area contributed by atoms with Gasteiger partial charge in [0.1, 0.15) is 0 Å². The summed E-state index contributed by atoms with van der Waals surface area (Å²) in [5.74, 6) is 0. The predicted molar refractivity (Wildman–Crippen MR) is 117 cm³/mol. The molecule has 0 saturated heterocycles. The first kappa shape index (κ1) is 31.9. The predicted octanol–water partition coefficient (Wildman–Crippen LogP) is -3.22. The third-order valence-electron chi connectivity index (χ3n) is 5.32. The van der Waals surface area contributed by atoms with E-state index >= 15 is 0 Å². The molecular formula is C25H31Cl3SiTi. The van der Waals surface area contributed by atoms with Crippen LogP contribution in [0.15, 0.2) is 65.4 Å². The molecule has 1 aliphatic carbocycles. The molecule has 0 aromatic heterocycles. The van der Waals surface area contributed by atoms with Gasteiger partial charge in [0.2, 0.25) is 0 Å². The Morgan fingerprint density at radius 1 is 0.900 bits per heavy atom. The Kier molecular flexibility index (Phi) is 17.4. The molecule has 0 radical (unpaired) electrons. The molecule has 0 N–H and O–H groups in total. The summed E-state index contributed by atoms with van der Waals surface area (Å²) in [5, 5.41) is 3.21. The minimum Gasteiger partial charge on any atom is -1.00 e. The number of hydrogen-bond donors (Lipinski definition) is 0. The Morgan fingerprint density at radius 3 is 2.13 bits per heavy atom. The normalized spacial score (nSPS) is 12.9. The standard InChI is InChI=1S/C25H31Si.3ClH.Ti/c1-4-5-9-15-26(24-17-20(2)16-21(3)18-24)25-14-10-13-23(25)19-22-11-7-6-8-12-22;;;;/h6-8,11-13,16-18,26H,4-5,9-10,15,19H2,1-3H3;3*1H;/q-1;;;;+4/p-3. The second-order valence-electron chi connectivity index (χ2n) is 7.66. The van der Waals surface area contributed by atoms with E-state index in [1.165, 1.54) is 42.0 Å². The molecule has 1 unspecified atom stereocenters. The van der Waals surface area contributed by atoms with Crippen LogP contribution in [0.2, 0.25) is 6.04 Å². The summed E-state index contributed by atoms with van der Waals surface area (Å²) in [6, 6.07) is 19.5. The molecule has 0 heterocycles. The molecule has 1 aliphatic rings. The van der Waals surface area contributed by atoms with Crippen molar-refractivity contribution in [3.63, 3.8) is 0 Å². The van der Waals surface area contributed by atoms with Gasteiger partial charge < -0.3 is 37.2 Å². The Labute approximate surface area is 218 Å². The first-order chi connectivity index (χ1) is 12.7. The first-order valence-electron chi connectivity index (χ1n) is 10.1. The zero-order valence-electron chi connectivity index (χ0n) is 18.2. The average molecular weight is 514 g/mol. The van der Waals surface area contributed by atoms with Crippen molar-refractivity contribution in [2.24, 2.45) is 0 Å². The van der Waals surface area contributed by atoms with Crippen LogP contribution < -0.4 is 42.4 Å². The maximum atomic E-state index is 3.78. The van der Waals surface area contributed by atoms with E-state index in [4.69, 9.17) is 0 Å². The summed E-state index contributed by atoms with van der Waals surface area (Å²) >= 11 is 0. The smallest absolute Gasteiger partial charge is 1.00 e. The van der Waals surface area contributed by atoms with Crippen LogP contribution in [0.25, 0.3) is 0 Å². The van der Waals surface area contributed by atoms with Crippen molar-refractivity contribution in [1.29, 1.82) is 0 Å². The molecule has 0 bridgehead atoms. The van der Waals surface area contributed by atoms with Crippen LogP contribution in [0, 0.1) is 19.9 Å². The van der Waals surface area contributed by atoms with Crippen LogP contribution in [0.5, 0.6) is 0 Å². The molecular weight excluding hydrogens is 483 g/mol. The fourth-order valence-corrected chi connectivity index (χ4v) is 7.74. The van der Waals surface area contributed by atoms with E-state index in [9.17, 15) is 0 Å². The molecule has 3 rings (SSSR count). The molecule has 2 aromatic rings. The van der Waals surface area contributed by atoms with Crippen molar-refractivity contribution in [2.75, 3.05) is 0 Å². The Bertz CT molecular complexity index is 783. The Balaban J connectivity index is 0. The fraction of sp³-hybridized carbons (Fsp3) is 0.360. The zero-order chi connectivity index (χ0) is 18.4. The average Bonchev–Trinajstić information content (AvgIpc) is 3.06. The van der Waals surface area contributed by atoms with Crippen molar-refractivity contribution in [2.45, 2.75) is 58.9 Å². The minimum atomic E-state index is -1.19. The second kappa shape index (κ2) is 16.4. The summed E-state index contributed by atoms with van der Waals surface area (Å²) in [6.45, 7) is 6.78. The van der Waals surface area contributed by atoms with Gasteiger partial charge in [0, 0.05) is 0 Å². The van der Waals surface area contributed by atoms with Gasteiger partial charge in [-0.25, -0.2) is 5.20 Å². The molecule has 0 aliphatic heterocycles. The number of benzene rings is 2. The molecule has 1 atom stereocenters. The van der Waals surface area contributed by atoms with Gasteiger partial charge in [0.05, 0.1) is 8.80 Å². The fourth-order valence-electron chi connectivity index (χ4n) is 4.13. The number of aryl methyl sites for hydroxylation is 2. The summed E-state index contributed by atoms with van der Waals surface area (Å²) in [5.41, 5.74) is 5.77. The SMILES string of the molecule is CCCCC[SiH](C1=[C-]CC=C1Cc1ccccc1)c1cc(C)cc(C)c1.[Cl-].[Cl-].[Cl-].[Ti+4]. The van der Waals surface area contributed by atoms with Gasteiger partial charge in [-0.15, -0.1) is 6.42 Å². The largest absolute Gasteiger partial charge is 4.00 e. The van der Waals surface area contributed by atoms with Gasteiger partial charge in [-0.2, -0.15) is 11.6 Å². The quantitative estimate of drug-likeness (QED) is 0.198. The van der Waals surface area contributed by atoms with Crippen molar-refractivity contribution >= 4 is 14.0 Å². The molecule has 0 amide bonds. The molecule has 5 heteroatoms. The summed E-state index contributed by atoms with van der Waals surface area (Å²) < 4.78 is 0. The van der Waals surface area contributed by atoms with E-state index < -0.39 is 8.80 Å². The molecule has 30 heavy (non-hydrogen) atoms. The second-order valence-corrected chi connectivity index (χ2v) is 10.6. The van der Waals surface area contributed by atoms with E-state index in [-0.39, 0.29) is 58.9 Å². The molecule has 0 fully saturated rings. The van der Waals surface area contributed by atoms with Crippen molar-refractivity contribution < 1.29 is 58.9 Å². The number of hydrogen-bond acceptors (Lipinski definition) is 0. The molecule has 0 nitrogen and oxygen atoms in total. The van der Waals surface area contributed by atoms with Crippen molar-refractivity contribution in [1.82, 2.24) is 0 Å². The van der Waals surface area contributed by atoms with E-state index in [0.717, 1.165) is 12.8 Å².